The summed E-state index contributed by atoms with van der Waals surface area (Å²) < 4.78 is 29.6. The van der Waals surface area contributed by atoms with E-state index < -0.39 is 6.61 Å². The van der Waals surface area contributed by atoms with E-state index in [1.54, 1.807) is 30.3 Å². The lowest BCUT2D eigenvalue weighted by Gasteiger charge is -2.14. The molecule has 0 aliphatic rings. The van der Waals surface area contributed by atoms with Crippen LogP contribution in [0.3, 0.4) is 0 Å². The zero-order valence-corrected chi connectivity index (χ0v) is 14.9. The van der Waals surface area contributed by atoms with Crippen LogP contribution in [0.4, 0.5) is 8.78 Å². The van der Waals surface area contributed by atoms with Crippen LogP contribution < -0.4 is 15.4 Å². The van der Waals surface area contributed by atoms with E-state index in [-0.39, 0.29) is 18.0 Å². The van der Waals surface area contributed by atoms with Gasteiger partial charge in [-0.3, -0.25) is 0 Å². The molecule has 0 bridgehead atoms. The van der Waals surface area contributed by atoms with Crippen molar-refractivity contribution in [1.29, 1.82) is 0 Å². The van der Waals surface area contributed by atoms with E-state index >= 15 is 0 Å². The first-order valence-electron chi connectivity index (χ1n) is 8.01. The van der Waals surface area contributed by atoms with Gasteiger partial charge in [-0.2, -0.15) is 8.78 Å². The minimum Gasteiger partial charge on any atom is -0.508 e. The molecule has 2 aromatic carbocycles. The van der Waals surface area contributed by atoms with Gasteiger partial charge in [-0.25, -0.2) is 4.99 Å². The molecule has 0 saturated heterocycles. The molecule has 8 heteroatoms. The Balaban J connectivity index is 2.06. The molecule has 0 saturated carbocycles. The first kappa shape index (κ1) is 19.8. The standard InChI is InChI=1S/C18H20ClF2N3O2/c1-2-22-18(23-10-12-3-6-15(25)7-4-12)24-11-13-9-14(19)5-8-16(13)26-17(20)21/h3-9,17,25H,2,10-11H2,1H3,(H2,22,23,24). The second kappa shape index (κ2) is 9.82. The number of ether oxygens (including phenoxy) is 1. The first-order valence-corrected chi connectivity index (χ1v) is 8.39. The molecule has 3 N–H and O–H groups in total. The molecule has 0 heterocycles. The fourth-order valence-corrected chi connectivity index (χ4v) is 2.38. The summed E-state index contributed by atoms with van der Waals surface area (Å²) in [6.45, 7) is 0.251. The summed E-state index contributed by atoms with van der Waals surface area (Å²) in [6, 6.07) is 11.2. The number of halogens is 3. The average Bonchev–Trinajstić information content (AvgIpc) is 2.60. The SMILES string of the molecule is CCNC(=NCc1ccc(O)cc1)NCc1cc(Cl)ccc1OC(F)F. The van der Waals surface area contributed by atoms with Crippen LogP contribution in [0.25, 0.3) is 0 Å². The maximum Gasteiger partial charge on any atom is 0.387 e. The van der Waals surface area contributed by atoms with Crippen LogP contribution in [0.2, 0.25) is 5.02 Å². The molecule has 140 valence electrons. The van der Waals surface area contributed by atoms with Crippen LogP contribution in [-0.2, 0) is 13.1 Å². The number of phenols is 1. The molecule has 2 rings (SSSR count). The third-order valence-electron chi connectivity index (χ3n) is 3.39. The predicted molar refractivity (Wildman–Crippen MR) is 97.8 cm³/mol. The molecule has 0 fully saturated rings. The van der Waals surface area contributed by atoms with Crippen LogP contribution in [0, 0.1) is 0 Å². The van der Waals surface area contributed by atoms with Crippen molar-refractivity contribution in [2.45, 2.75) is 26.6 Å². The van der Waals surface area contributed by atoms with Gasteiger partial charge < -0.3 is 20.5 Å². The zero-order valence-electron chi connectivity index (χ0n) is 14.2. The fraction of sp³-hybridized carbons (Fsp3) is 0.278. The molecular formula is C18H20ClF2N3O2. The van der Waals surface area contributed by atoms with Gasteiger partial charge in [0, 0.05) is 23.7 Å². The molecule has 26 heavy (non-hydrogen) atoms. The molecule has 0 spiro atoms. The Hall–Kier alpha value is -2.54. The van der Waals surface area contributed by atoms with E-state index in [1.807, 2.05) is 6.92 Å². The second-order valence-corrected chi connectivity index (χ2v) is 5.78. The van der Waals surface area contributed by atoms with Crippen LogP contribution >= 0.6 is 11.6 Å². The average molecular weight is 384 g/mol. The molecule has 2 aromatic rings. The molecule has 5 nitrogen and oxygen atoms in total. The van der Waals surface area contributed by atoms with E-state index in [2.05, 4.69) is 20.4 Å². The number of phenolic OH excluding ortho intramolecular Hbond substituents is 1. The summed E-state index contributed by atoms with van der Waals surface area (Å²) in [4.78, 5) is 4.43. The molecule has 0 unspecified atom stereocenters. The number of alkyl halides is 2. The van der Waals surface area contributed by atoms with Gasteiger partial charge >= 0.3 is 6.61 Å². The number of nitrogens with one attached hydrogen (secondary N) is 2. The van der Waals surface area contributed by atoms with Gasteiger partial charge in [0.25, 0.3) is 0 Å². The highest BCUT2D eigenvalue weighted by molar-refractivity contribution is 6.30. The van der Waals surface area contributed by atoms with Gasteiger partial charge in [0.05, 0.1) is 6.54 Å². The number of guanidine groups is 1. The smallest absolute Gasteiger partial charge is 0.387 e. The monoisotopic (exact) mass is 383 g/mol. The van der Waals surface area contributed by atoms with E-state index in [0.29, 0.717) is 29.6 Å². The maximum absolute atomic E-state index is 12.5. The first-order chi connectivity index (χ1) is 12.5. The molecule has 0 aliphatic carbocycles. The van der Waals surface area contributed by atoms with E-state index in [4.69, 9.17) is 11.6 Å². The predicted octanol–water partition coefficient (Wildman–Crippen LogP) is 3.90. The van der Waals surface area contributed by atoms with Gasteiger partial charge in [-0.15, -0.1) is 0 Å². The lowest BCUT2D eigenvalue weighted by Crippen LogP contribution is -2.36. The Bertz CT molecular complexity index is 740. The summed E-state index contributed by atoms with van der Waals surface area (Å²) in [6.07, 6.45) is 0. The van der Waals surface area contributed by atoms with Crippen LogP contribution in [-0.4, -0.2) is 24.2 Å². The van der Waals surface area contributed by atoms with Crippen molar-refractivity contribution in [3.05, 3.63) is 58.6 Å². The maximum atomic E-state index is 12.5. The summed E-state index contributed by atoms with van der Waals surface area (Å²) in [5.74, 6) is 0.769. The Morgan fingerprint density at radius 3 is 2.58 bits per heavy atom. The van der Waals surface area contributed by atoms with Crippen molar-refractivity contribution in [3.63, 3.8) is 0 Å². The Morgan fingerprint density at radius 1 is 1.19 bits per heavy atom. The fourth-order valence-electron chi connectivity index (χ4n) is 2.19. The number of aliphatic imine (C=N–C) groups is 1. The number of hydrogen-bond acceptors (Lipinski definition) is 3. The number of benzene rings is 2. The van der Waals surface area contributed by atoms with Crippen LogP contribution in [0.1, 0.15) is 18.1 Å². The third-order valence-corrected chi connectivity index (χ3v) is 3.62. The van der Waals surface area contributed by atoms with Crippen molar-refractivity contribution >= 4 is 17.6 Å². The van der Waals surface area contributed by atoms with E-state index in [1.165, 1.54) is 12.1 Å². The summed E-state index contributed by atoms with van der Waals surface area (Å²) >= 11 is 5.95. The van der Waals surface area contributed by atoms with Crippen molar-refractivity contribution in [2.75, 3.05) is 6.54 Å². The highest BCUT2D eigenvalue weighted by Crippen LogP contribution is 2.24. The lowest BCUT2D eigenvalue weighted by molar-refractivity contribution is -0.0504. The Labute approximate surface area is 155 Å². The third kappa shape index (κ3) is 6.40. The number of nitrogens with zero attached hydrogens (tertiary/aromatic N) is 1. The van der Waals surface area contributed by atoms with Crippen molar-refractivity contribution in [2.24, 2.45) is 4.99 Å². The highest BCUT2D eigenvalue weighted by atomic mass is 35.5. The normalized spacial score (nSPS) is 11.5. The minimum absolute atomic E-state index is 0.0614. The van der Waals surface area contributed by atoms with E-state index in [0.717, 1.165) is 5.56 Å². The second-order valence-electron chi connectivity index (χ2n) is 5.35. The topological polar surface area (TPSA) is 65.9 Å². The number of rotatable bonds is 7. The molecule has 0 aromatic heterocycles. The van der Waals surface area contributed by atoms with Gasteiger partial charge in [0.15, 0.2) is 5.96 Å². The largest absolute Gasteiger partial charge is 0.508 e. The van der Waals surface area contributed by atoms with Gasteiger partial charge in [-0.05, 0) is 42.8 Å². The van der Waals surface area contributed by atoms with Crippen molar-refractivity contribution in [1.82, 2.24) is 10.6 Å². The lowest BCUT2D eigenvalue weighted by atomic mass is 10.2. The van der Waals surface area contributed by atoms with Crippen LogP contribution in [0.5, 0.6) is 11.5 Å². The molecule has 0 radical (unpaired) electrons. The van der Waals surface area contributed by atoms with Crippen LogP contribution in [0.15, 0.2) is 47.5 Å². The van der Waals surface area contributed by atoms with E-state index in [9.17, 15) is 13.9 Å². The quantitative estimate of drug-likeness (QED) is 0.501. The van der Waals surface area contributed by atoms with Gasteiger partial charge in [0.1, 0.15) is 11.5 Å². The molecular weight excluding hydrogens is 364 g/mol. The van der Waals surface area contributed by atoms with Crippen molar-refractivity contribution in [3.8, 4) is 11.5 Å². The molecule has 0 atom stereocenters. The summed E-state index contributed by atoms with van der Waals surface area (Å²) in [5.41, 5.74) is 1.41. The Morgan fingerprint density at radius 2 is 1.92 bits per heavy atom. The summed E-state index contributed by atoms with van der Waals surface area (Å²) in [5, 5.41) is 15.9. The van der Waals surface area contributed by atoms with Gasteiger partial charge in [-0.1, -0.05) is 23.7 Å². The zero-order chi connectivity index (χ0) is 18.9. The number of hydrogen-bond donors (Lipinski definition) is 3. The Kier molecular flexibility index (Phi) is 7.47. The minimum atomic E-state index is -2.91. The molecule has 0 amide bonds. The van der Waals surface area contributed by atoms with Gasteiger partial charge in [0.2, 0.25) is 0 Å². The molecule has 0 aliphatic heterocycles. The number of aromatic hydroxyl groups is 1. The van der Waals surface area contributed by atoms with Crippen molar-refractivity contribution < 1.29 is 18.6 Å². The summed E-state index contributed by atoms with van der Waals surface area (Å²) in [7, 11) is 0. The highest BCUT2D eigenvalue weighted by Gasteiger charge is 2.11.